The second kappa shape index (κ2) is 11.5. The van der Waals surface area contributed by atoms with Gasteiger partial charge in [-0.2, -0.15) is 0 Å². The van der Waals surface area contributed by atoms with Gasteiger partial charge in [-0.1, -0.05) is 26.0 Å². The summed E-state index contributed by atoms with van der Waals surface area (Å²) in [6.45, 7) is 9.37. The van der Waals surface area contributed by atoms with Crippen molar-refractivity contribution >= 4 is 17.3 Å². The van der Waals surface area contributed by atoms with Gasteiger partial charge in [0.15, 0.2) is 5.96 Å². The fraction of sp³-hybridized carbons (Fsp3) is 0.500. The molecule has 6 heteroatoms. The molecule has 0 saturated carbocycles. The zero-order chi connectivity index (χ0) is 18.6. The number of benzene rings is 1. The highest BCUT2D eigenvalue weighted by atomic mass is 32.1. The second-order valence-corrected chi connectivity index (χ2v) is 7.14. The molecule has 0 fully saturated rings. The van der Waals surface area contributed by atoms with E-state index < -0.39 is 0 Å². The number of hydrogen-bond donors (Lipinski definition) is 2. The summed E-state index contributed by atoms with van der Waals surface area (Å²) < 4.78 is 5.70. The fourth-order valence-electron chi connectivity index (χ4n) is 2.41. The SMILES string of the molecule is CCCOc1cccc(CCNC(=NCc2ncc(CC)s2)NCC)c1. The number of thiazole rings is 1. The molecule has 0 unspecified atom stereocenters. The summed E-state index contributed by atoms with van der Waals surface area (Å²) in [6.07, 6.45) is 4.92. The van der Waals surface area contributed by atoms with E-state index >= 15 is 0 Å². The van der Waals surface area contributed by atoms with E-state index in [9.17, 15) is 0 Å². The lowest BCUT2D eigenvalue weighted by molar-refractivity contribution is 0.317. The Balaban J connectivity index is 1.84. The first-order chi connectivity index (χ1) is 12.7. The van der Waals surface area contributed by atoms with Gasteiger partial charge in [-0.3, -0.25) is 0 Å². The number of nitrogens with one attached hydrogen (secondary N) is 2. The molecule has 0 amide bonds. The van der Waals surface area contributed by atoms with Gasteiger partial charge >= 0.3 is 0 Å². The highest BCUT2D eigenvalue weighted by Gasteiger charge is 2.02. The van der Waals surface area contributed by atoms with Crippen LogP contribution in [0.15, 0.2) is 35.5 Å². The zero-order valence-electron chi connectivity index (χ0n) is 16.0. The second-order valence-electron chi connectivity index (χ2n) is 5.94. The van der Waals surface area contributed by atoms with Crippen molar-refractivity contribution in [2.75, 3.05) is 19.7 Å². The Kier molecular flexibility index (Phi) is 8.96. The van der Waals surface area contributed by atoms with E-state index in [1.165, 1.54) is 10.4 Å². The molecule has 0 aliphatic heterocycles. The number of aliphatic imine (C=N–C) groups is 1. The number of hydrogen-bond acceptors (Lipinski definition) is 4. The molecule has 142 valence electrons. The molecule has 2 rings (SSSR count). The van der Waals surface area contributed by atoms with E-state index in [1.807, 2.05) is 18.3 Å². The Bertz CT molecular complexity index is 684. The van der Waals surface area contributed by atoms with Crippen LogP contribution >= 0.6 is 11.3 Å². The van der Waals surface area contributed by atoms with Gasteiger partial charge in [-0.25, -0.2) is 9.98 Å². The predicted molar refractivity (Wildman–Crippen MR) is 110 cm³/mol. The van der Waals surface area contributed by atoms with E-state index in [0.717, 1.165) is 55.7 Å². The number of aromatic nitrogens is 1. The van der Waals surface area contributed by atoms with Gasteiger partial charge in [-0.15, -0.1) is 11.3 Å². The molecule has 5 nitrogen and oxygen atoms in total. The van der Waals surface area contributed by atoms with Crippen LogP contribution in [0, 0.1) is 0 Å². The smallest absolute Gasteiger partial charge is 0.191 e. The molecule has 2 N–H and O–H groups in total. The number of aryl methyl sites for hydroxylation is 1. The molecule has 1 aromatic heterocycles. The van der Waals surface area contributed by atoms with E-state index in [1.54, 1.807) is 11.3 Å². The Morgan fingerprint density at radius 3 is 2.85 bits per heavy atom. The van der Waals surface area contributed by atoms with Crippen LogP contribution in [0.5, 0.6) is 5.75 Å². The maximum absolute atomic E-state index is 5.70. The van der Waals surface area contributed by atoms with Crippen LogP contribution in [0.1, 0.15) is 42.6 Å². The topological polar surface area (TPSA) is 58.5 Å². The van der Waals surface area contributed by atoms with Crippen LogP contribution < -0.4 is 15.4 Å². The average molecular weight is 375 g/mol. The molecule has 0 atom stereocenters. The lowest BCUT2D eigenvalue weighted by Gasteiger charge is -2.11. The Morgan fingerprint density at radius 1 is 1.23 bits per heavy atom. The van der Waals surface area contributed by atoms with Crippen LogP contribution in [0.4, 0.5) is 0 Å². The largest absolute Gasteiger partial charge is 0.494 e. The van der Waals surface area contributed by atoms with Gasteiger partial charge < -0.3 is 15.4 Å². The molecule has 0 aliphatic rings. The van der Waals surface area contributed by atoms with Gasteiger partial charge in [0.1, 0.15) is 10.8 Å². The van der Waals surface area contributed by atoms with E-state index in [2.05, 4.69) is 53.5 Å². The first-order valence-corrected chi connectivity index (χ1v) is 10.2. The summed E-state index contributed by atoms with van der Waals surface area (Å²) in [7, 11) is 0. The number of ether oxygens (including phenoxy) is 1. The van der Waals surface area contributed by atoms with Crippen molar-refractivity contribution in [2.45, 2.75) is 46.6 Å². The van der Waals surface area contributed by atoms with Crippen LogP contribution in [0.2, 0.25) is 0 Å². The standard InChI is InChI=1S/C20H30N4OS/c1-4-12-25-17-9-7-8-16(13-17)10-11-22-20(21-6-3)24-15-19-23-14-18(5-2)26-19/h7-9,13-14H,4-6,10-12,15H2,1-3H3,(H2,21,22,24). The number of nitrogens with zero attached hydrogens (tertiary/aromatic N) is 2. The summed E-state index contributed by atoms with van der Waals surface area (Å²) in [6, 6.07) is 8.31. The van der Waals surface area contributed by atoms with Gasteiger partial charge in [0, 0.05) is 24.2 Å². The lowest BCUT2D eigenvalue weighted by atomic mass is 10.1. The minimum Gasteiger partial charge on any atom is -0.494 e. The third-order valence-corrected chi connectivity index (χ3v) is 4.87. The molecule has 1 heterocycles. The molecule has 0 radical (unpaired) electrons. The van der Waals surface area contributed by atoms with Crippen molar-refractivity contribution in [3.63, 3.8) is 0 Å². The summed E-state index contributed by atoms with van der Waals surface area (Å²) in [4.78, 5) is 10.4. The van der Waals surface area contributed by atoms with Gasteiger partial charge in [0.05, 0.1) is 13.2 Å². The first kappa shape index (κ1) is 20.2. The Labute approximate surface area is 160 Å². The summed E-state index contributed by atoms with van der Waals surface area (Å²) in [5, 5.41) is 7.74. The average Bonchev–Trinajstić information content (AvgIpc) is 3.13. The molecule has 26 heavy (non-hydrogen) atoms. The molecule has 2 aromatic rings. The fourth-order valence-corrected chi connectivity index (χ4v) is 3.20. The van der Waals surface area contributed by atoms with Crippen LogP contribution in [0.25, 0.3) is 0 Å². The number of rotatable bonds is 10. The number of guanidine groups is 1. The van der Waals surface area contributed by atoms with E-state index in [0.29, 0.717) is 6.54 Å². The predicted octanol–water partition coefficient (Wildman–Crippen LogP) is 3.79. The monoisotopic (exact) mass is 374 g/mol. The van der Waals surface area contributed by atoms with Crippen molar-refractivity contribution in [1.29, 1.82) is 0 Å². The third kappa shape index (κ3) is 7.04. The van der Waals surface area contributed by atoms with Crippen molar-refractivity contribution < 1.29 is 4.74 Å². The molecular formula is C20H30N4OS. The van der Waals surface area contributed by atoms with Crippen molar-refractivity contribution in [3.05, 3.63) is 45.9 Å². The molecule has 1 aromatic carbocycles. The first-order valence-electron chi connectivity index (χ1n) is 9.42. The quantitative estimate of drug-likeness (QED) is 0.491. The van der Waals surface area contributed by atoms with Gasteiger partial charge in [0.2, 0.25) is 0 Å². The third-order valence-electron chi connectivity index (χ3n) is 3.74. The maximum Gasteiger partial charge on any atom is 0.191 e. The highest BCUT2D eigenvalue weighted by Crippen LogP contribution is 2.15. The van der Waals surface area contributed by atoms with E-state index in [4.69, 9.17) is 4.74 Å². The summed E-state index contributed by atoms with van der Waals surface area (Å²) in [5.74, 6) is 1.78. The zero-order valence-corrected chi connectivity index (χ0v) is 16.9. The molecule has 0 spiro atoms. The lowest BCUT2D eigenvalue weighted by Crippen LogP contribution is -2.38. The minimum atomic E-state index is 0.611. The van der Waals surface area contributed by atoms with Gasteiger partial charge in [-0.05, 0) is 43.9 Å². The van der Waals surface area contributed by atoms with Crippen molar-refractivity contribution in [3.8, 4) is 5.75 Å². The molecule has 0 bridgehead atoms. The summed E-state index contributed by atoms with van der Waals surface area (Å²) in [5.41, 5.74) is 1.26. The van der Waals surface area contributed by atoms with Crippen LogP contribution in [-0.4, -0.2) is 30.6 Å². The molecule has 0 aliphatic carbocycles. The van der Waals surface area contributed by atoms with Gasteiger partial charge in [0.25, 0.3) is 0 Å². The Hall–Kier alpha value is -2.08. The normalized spacial score (nSPS) is 11.4. The minimum absolute atomic E-state index is 0.611. The van der Waals surface area contributed by atoms with Crippen molar-refractivity contribution in [2.24, 2.45) is 4.99 Å². The maximum atomic E-state index is 5.70. The summed E-state index contributed by atoms with van der Waals surface area (Å²) >= 11 is 1.73. The molecule has 0 saturated heterocycles. The van der Waals surface area contributed by atoms with Crippen LogP contribution in [-0.2, 0) is 19.4 Å². The van der Waals surface area contributed by atoms with E-state index in [-0.39, 0.29) is 0 Å². The molecular weight excluding hydrogens is 344 g/mol. The highest BCUT2D eigenvalue weighted by molar-refractivity contribution is 7.11. The Morgan fingerprint density at radius 2 is 2.12 bits per heavy atom. The van der Waals surface area contributed by atoms with Crippen molar-refractivity contribution in [1.82, 2.24) is 15.6 Å². The van der Waals surface area contributed by atoms with Crippen LogP contribution in [0.3, 0.4) is 0 Å².